The molecule has 0 amide bonds. The zero-order chi connectivity index (χ0) is 13.9. The van der Waals surface area contributed by atoms with Crippen molar-refractivity contribution in [2.75, 3.05) is 5.32 Å². The molecule has 1 aromatic carbocycles. The van der Waals surface area contributed by atoms with E-state index >= 15 is 0 Å². The molecule has 20 heavy (non-hydrogen) atoms. The Bertz CT molecular complexity index is 591. The minimum atomic E-state index is 0.603. The maximum absolute atomic E-state index is 5.94. The number of aromatic nitrogens is 2. The summed E-state index contributed by atoms with van der Waals surface area (Å²) < 4.78 is 3.10. The summed E-state index contributed by atoms with van der Waals surface area (Å²) in [5.74, 6) is 0. The van der Waals surface area contributed by atoms with Gasteiger partial charge in [-0.3, -0.25) is 4.68 Å². The average Bonchev–Trinajstić information content (AvgIpc) is 3.08. The number of nitrogens with zero attached hydrogens (tertiary/aromatic N) is 2. The van der Waals surface area contributed by atoms with Crippen LogP contribution in [0.4, 0.5) is 5.69 Å². The second-order valence-corrected chi connectivity index (χ2v) is 6.49. The van der Waals surface area contributed by atoms with Crippen molar-refractivity contribution in [1.29, 1.82) is 0 Å². The van der Waals surface area contributed by atoms with Crippen LogP contribution in [0.2, 0.25) is 5.02 Å². The zero-order valence-electron chi connectivity index (χ0n) is 11.1. The van der Waals surface area contributed by atoms with E-state index in [0.717, 1.165) is 27.4 Å². The monoisotopic (exact) mass is 353 g/mol. The van der Waals surface area contributed by atoms with E-state index in [0.29, 0.717) is 6.04 Å². The summed E-state index contributed by atoms with van der Waals surface area (Å²) in [6.45, 7) is 0.722. The van der Waals surface area contributed by atoms with Gasteiger partial charge in [-0.1, -0.05) is 24.4 Å². The summed E-state index contributed by atoms with van der Waals surface area (Å²) in [7, 11) is 0. The fourth-order valence-electron chi connectivity index (χ4n) is 2.66. The van der Waals surface area contributed by atoms with E-state index in [1.54, 1.807) is 0 Å². The predicted octanol–water partition coefficient (Wildman–Crippen LogP) is 5.03. The molecule has 1 heterocycles. The Morgan fingerprint density at radius 3 is 2.85 bits per heavy atom. The molecule has 3 rings (SSSR count). The molecular weight excluding hydrogens is 338 g/mol. The van der Waals surface area contributed by atoms with Crippen LogP contribution in [0.3, 0.4) is 0 Å². The lowest BCUT2D eigenvalue weighted by Crippen LogP contribution is -2.07. The van der Waals surface area contributed by atoms with Gasteiger partial charge in [0.2, 0.25) is 0 Å². The van der Waals surface area contributed by atoms with Gasteiger partial charge in [0.1, 0.15) is 0 Å². The van der Waals surface area contributed by atoms with Gasteiger partial charge in [0.15, 0.2) is 0 Å². The first-order chi connectivity index (χ1) is 9.72. The normalized spacial score (nSPS) is 15.7. The Morgan fingerprint density at radius 2 is 2.10 bits per heavy atom. The maximum atomic E-state index is 5.94. The number of benzene rings is 1. The summed E-state index contributed by atoms with van der Waals surface area (Å²) in [5.41, 5.74) is 2.10. The molecule has 1 fully saturated rings. The largest absolute Gasteiger partial charge is 0.378 e. The van der Waals surface area contributed by atoms with Crippen LogP contribution in [0, 0.1) is 0 Å². The Kier molecular flexibility index (Phi) is 4.32. The van der Waals surface area contributed by atoms with Crippen molar-refractivity contribution >= 4 is 33.2 Å². The lowest BCUT2D eigenvalue weighted by molar-refractivity contribution is 0.463. The molecule has 2 aromatic rings. The van der Waals surface area contributed by atoms with E-state index in [4.69, 9.17) is 11.6 Å². The van der Waals surface area contributed by atoms with Crippen LogP contribution >= 0.6 is 27.5 Å². The Labute approximate surface area is 132 Å². The van der Waals surface area contributed by atoms with Crippen LogP contribution in [0.5, 0.6) is 0 Å². The van der Waals surface area contributed by atoms with Crippen molar-refractivity contribution in [3.63, 3.8) is 0 Å². The molecule has 1 saturated carbocycles. The summed E-state index contributed by atoms with van der Waals surface area (Å²) in [6.07, 6.45) is 7.28. The standard InChI is InChI=1S/C15H17BrClN3/c16-14-9-11(17)5-6-15(14)18-10-12-7-8-20(19-12)13-3-1-2-4-13/h5-9,13,18H,1-4,10H2. The third-order valence-corrected chi connectivity index (χ3v) is 4.64. The minimum absolute atomic E-state index is 0.603. The summed E-state index contributed by atoms with van der Waals surface area (Å²) in [4.78, 5) is 0. The zero-order valence-corrected chi connectivity index (χ0v) is 13.5. The van der Waals surface area contributed by atoms with Gasteiger partial charge in [-0.05, 0) is 53.0 Å². The highest BCUT2D eigenvalue weighted by Crippen LogP contribution is 2.29. The van der Waals surface area contributed by atoms with Crippen molar-refractivity contribution in [3.05, 3.63) is 45.7 Å². The lowest BCUT2D eigenvalue weighted by Gasteiger charge is -2.09. The third kappa shape index (κ3) is 3.18. The fraction of sp³-hybridized carbons (Fsp3) is 0.400. The number of rotatable bonds is 4. The number of hydrogen-bond donors (Lipinski definition) is 1. The quantitative estimate of drug-likeness (QED) is 0.835. The first-order valence-electron chi connectivity index (χ1n) is 6.95. The van der Waals surface area contributed by atoms with Crippen LogP contribution < -0.4 is 5.32 Å². The van der Waals surface area contributed by atoms with E-state index in [1.807, 2.05) is 18.2 Å². The molecule has 1 aromatic heterocycles. The van der Waals surface area contributed by atoms with Crippen LogP contribution in [-0.4, -0.2) is 9.78 Å². The van der Waals surface area contributed by atoms with E-state index in [2.05, 4.69) is 43.3 Å². The third-order valence-electron chi connectivity index (χ3n) is 3.75. The Morgan fingerprint density at radius 1 is 1.30 bits per heavy atom. The fourth-order valence-corrected chi connectivity index (χ4v) is 3.49. The van der Waals surface area contributed by atoms with Crippen LogP contribution in [0.1, 0.15) is 37.4 Å². The molecule has 1 N–H and O–H groups in total. The highest BCUT2D eigenvalue weighted by Gasteiger charge is 2.17. The Hall–Kier alpha value is -1.00. The number of anilines is 1. The van der Waals surface area contributed by atoms with Gasteiger partial charge < -0.3 is 5.32 Å². The number of hydrogen-bond acceptors (Lipinski definition) is 2. The molecule has 0 bridgehead atoms. The molecule has 0 spiro atoms. The maximum Gasteiger partial charge on any atom is 0.0815 e. The molecule has 106 valence electrons. The first-order valence-corrected chi connectivity index (χ1v) is 8.12. The first kappa shape index (κ1) is 14.0. The van der Waals surface area contributed by atoms with E-state index in [-0.39, 0.29) is 0 Å². The van der Waals surface area contributed by atoms with Crippen molar-refractivity contribution < 1.29 is 0 Å². The van der Waals surface area contributed by atoms with Gasteiger partial charge in [0, 0.05) is 21.4 Å². The number of halogens is 2. The predicted molar refractivity (Wildman–Crippen MR) is 86.2 cm³/mol. The molecular formula is C15H17BrClN3. The van der Waals surface area contributed by atoms with Gasteiger partial charge in [0.25, 0.3) is 0 Å². The summed E-state index contributed by atoms with van der Waals surface area (Å²) >= 11 is 9.44. The smallest absolute Gasteiger partial charge is 0.0815 e. The molecule has 0 atom stereocenters. The molecule has 0 aliphatic heterocycles. The Balaban J connectivity index is 1.63. The molecule has 5 heteroatoms. The molecule has 0 unspecified atom stereocenters. The van der Waals surface area contributed by atoms with Crippen LogP contribution in [-0.2, 0) is 6.54 Å². The van der Waals surface area contributed by atoms with Gasteiger partial charge >= 0.3 is 0 Å². The molecule has 1 aliphatic rings. The van der Waals surface area contributed by atoms with Gasteiger partial charge in [0.05, 0.1) is 18.3 Å². The number of nitrogens with one attached hydrogen (secondary N) is 1. The van der Waals surface area contributed by atoms with Crippen molar-refractivity contribution in [2.24, 2.45) is 0 Å². The van der Waals surface area contributed by atoms with E-state index < -0.39 is 0 Å². The topological polar surface area (TPSA) is 29.9 Å². The van der Waals surface area contributed by atoms with Crippen LogP contribution in [0.25, 0.3) is 0 Å². The van der Waals surface area contributed by atoms with Gasteiger partial charge in [-0.15, -0.1) is 0 Å². The summed E-state index contributed by atoms with van der Waals surface area (Å²) in [5, 5.41) is 8.78. The van der Waals surface area contributed by atoms with Crippen LogP contribution in [0.15, 0.2) is 34.9 Å². The summed E-state index contributed by atoms with van der Waals surface area (Å²) in [6, 6.07) is 8.44. The highest BCUT2D eigenvalue weighted by atomic mass is 79.9. The average molecular weight is 355 g/mol. The molecule has 3 nitrogen and oxygen atoms in total. The van der Waals surface area contributed by atoms with Crippen molar-refractivity contribution in [3.8, 4) is 0 Å². The van der Waals surface area contributed by atoms with Crippen molar-refractivity contribution in [1.82, 2.24) is 9.78 Å². The van der Waals surface area contributed by atoms with Gasteiger partial charge in [-0.2, -0.15) is 5.10 Å². The second kappa shape index (κ2) is 6.19. The molecule has 1 aliphatic carbocycles. The second-order valence-electron chi connectivity index (χ2n) is 5.20. The highest BCUT2D eigenvalue weighted by molar-refractivity contribution is 9.10. The minimum Gasteiger partial charge on any atom is -0.378 e. The molecule has 0 saturated heterocycles. The van der Waals surface area contributed by atoms with Gasteiger partial charge in [-0.25, -0.2) is 0 Å². The lowest BCUT2D eigenvalue weighted by atomic mass is 10.3. The van der Waals surface area contributed by atoms with E-state index in [1.165, 1.54) is 25.7 Å². The van der Waals surface area contributed by atoms with E-state index in [9.17, 15) is 0 Å². The molecule has 0 radical (unpaired) electrons. The van der Waals surface area contributed by atoms with Crippen molar-refractivity contribution in [2.45, 2.75) is 38.3 Å². The SMILES string of the molecule is Clc1ccc(NCc2ccn(C3CCCC3)n2)c(Br)c1.